The van der Waals surface area contributed by atoms with Gasteiger partial charge < -0.3 is 5.32 Å². The second kappa shape index (κ2) is 6.67. The van der Waals surface area contributed by atoms with Crippen LogP contribution in [0, 0.1) is 6.92 Å². The Labute approximate surface area is 160 Å². The van der Waals surface area contributed by atoms with Crippen molar-refractivity contribution in [2.75, 3.05) is 16.3 Å². The molecule has 0 atom stereocenters. The molecule has 4 rings (SSSR count). The van der Waals surface area contributed by atoms with E-state index in [-0.39, 0.29) is 0 Å². The Bertz CT molecular complexity index is 1210. The van der Waals surface area contributed by atoms with Gasteiger partial charge in [-0.3, -0.25) is 4.72 Å². The van der Waals surface area contributed by atoms with Crippen LogP contribution in [0.2, 0.25) is 0 Å². The first kappa shape index (κ1) is 17.5. The Morgan fingerprint density at radius 2 is 2.04 bits per heavy atom. The van der Waals surface area contributed by atoms with Gasteiger partial charge in [0.2, 0.25) is 10.0 Å². The quantitative estimate of drug-likeness (QED) is 0.532. The average molecular weight is 400 g/mol. The fraction of sp³-hybridized carbons (Fsp3) is 0.111. The molecule has 0 aliphatic heterocycles. The van der Waals surface area contributed by atoms with Crippen molar-refractivity contribution in [3.05, 3.63) is 59.7 Å². The van der Waals surface area contributed by atoms with E-state index in [4.69, 9.17) is 0 Å². The minimum atomic E-state index is -3.35. The lowest BCUT2D eigenvalue weighted by molar-refractivity contribution is 0.607. The molecule has 0 radical (unpaired) electrons. The number of aromatic nitrogens is 3. The number of nitrogens with zero attached hydrogens (tertiary/aromatic N) is 3. The highest BCUT2D eigenvalue weighted by atomic mass is 32.2. The van der Waals surface area contributed by atoms with Gasteiger partial charge in [0.25, 0.3) is 0 Å². The molecular formula is C18H17N5O2S2. The second-order valence-corrected chi connectivity index (χ2v) is 8.84. The van der Waals surface area contributed by atoms with Crippen LogP contribution in [0.25, 0.3) is 16.1 Å². The van der Waals surface area contributed by atoms with Crippen LogP contribution in [0.4, 0.5) is 17.2 Å². The van der Waals surface area contributed by atoms with Crippen LogP contribution in [0.5, 0.6) is 0 Å². The summed E-state index contributed by atoms with van der Waals surface area (Å²) in [5, 5.41) is 9.59. The van der Waals surface area contributed by atoms with Gasteiger partial charge in [-0.25, -0.2) is 17.9 Å². The first-order chi connectivity index (χ1) is 12.9. The summed E-state index contributed by atoms with van der Waals surface area (Å²) < 4.78 is 27.3. The van der Waals surface area contributed by atoms with Crippen molar-refractivity contribution in [2.45, 2.75) is 6.92 Å². The zero-order valence-electron chi connectivity index (χ0n) is 14.7. The molecule has 3 aromatic heterocycles. The maximum Gasteiger partial charge on any atom is 0.229 e. The Morgan fingerprint density at radius 3 is 2.78 bits per heavy atom. The zero-order valence-corrected chi connectivity index (χ0v) is 16.3. The van der Waals surface area contributed by atoms with Crippen LogP contribution >= 0.6 is 11.3 Å². The summed E-state index contributed by atoms with van der Waals surface area (Å²) in [7, 11) is -3.35. The van der Waals surface area contributed by atoms with E-state index in [1.807, 2.05) is 48.8 Å². The molecule has 0 saturated heterocycles. The molecule has 0 unspecified atom stereocenters. The Morgan fingerprint density at radius 1 is 1.19 bits per heavy atom. The molecule has 138 valence electrons. The van der Waals surface area contributed by atoms with Gasteiger partial charge in [-0.15, -0.1) is 11.3 Å². The molecule has 1 aromatic carbocycles. The van der Waals surface area contributed by atoms with Gasteiger partial charge in [-0.1, -0.05) is 12.1 Å². The third kappa shape index (κ3) is 3.79. The standard InChI is InChI=1S/C18H17N5O2S2/c1-12-5-6-13(10-15(12)22-27(2,24)25)20-17-7-8-23-18(21-17)14(11-19-23)16-4-3-9-26-16/h3-11,22H,1-2H3,(H,20,21). The highest BCUT2D eigenvalue weighted by molar-refractivity contribution is 7.92. The summed E-state index contributed by atoms with van der Waals surface area (Å²) in [6.45, 7) is 1.85. The molecule has 0 spiro atoms. The average Bonchev–Trinajstić information content (AvgIpc) is 3.25. The largest absolute Gasteiger partial charge is 0.340 e. The predicted octanol–water partition coefficient (Wildman–Crippen LogP) is 3.88. The van der Waals surface area contributed by atoms with Crippen molar-refractivity contribution in [2.24, 2.45) is 0 Å². The number of hydrogen-bond acceptors (Lipinski definition) is 6. The number of thiophene rings is 1. The summed E-state index contributed by atoms with van der Waals surface area (Å²) in [4.78, 5) is 5.77. The zero-order chi connectivity index (χ0) is 19.0. The number of fused-ring (bicyclic) bond motifs is 1. The van der Waals surface area contributed by atoms with Gasteiger partial charge in [0.1, 0.15) is 5.82 Å². The maximum absolute atomic E-state index is 11.5. The van der Waals surface area contributed by atoms with Gasteiger partial charge >= 0.3 is 0 Å². The molecule has 0 amide bonds. The summed E-state index contributed by atoms with van der Waals surface area (Å²) in [5.74, 6) is 0.648. The number of benzene rings is 1. The molecule has 0 bridgehead atoms. The van der Waals surface area contributed by atoms with E-state index in [9.17, 15) is 8.42 Å². The van der Waals surface area contributed by atoms with Gasteiger partial charge in [0.15, 0.2) is 5.65 Å². The van der Waals surface area contributed by atoms with E-state index in [0.29, 0.717) is 11.5 Å². The number of hydrogen-bond donors (Lipinski definition) is 2. The Hall–Kier alpha value is -2.91. The van der Waals surface area contributed by atoms with E-state index >= 15 is 0 Å². The van der Waals surface area contributed by atoms with E-state index in [1.165, 1.54) is 0 Å². The number of rotatable bonds is 5. The van der Waals surface area contributed by atoms with Crippen LogP contribution in [0.3, 0.4) is 0 Å². The van der Waals surface area contributed by atoms with E-state index < -0.39 is 10.0 Å². The fourth-order valence-corrected chi connectivity index (χ4v) is 4.05. The fourth-order valence-electron chi connectivity index (χ4n) is 2.70. The second-order valence-electron chi connectivity index (χ2n) is 6.15. The molecule has 4 aromatic rings. The summed E-state index contributed by atoms with van der Waals surface area (Å²) in [6.07, 6.45) is 4.78. The topological polar surface area (TPSA) is 88.4 Å². The van der Waals surface area contributed by atoms with Crippen molar-refractivity contribution in [1.29, 1.82) is 0 Å². The van der Waals surface area contributed by atoms with Crippen molar-refractivity contribution >= 4 is 44.2 Å². The first-order valence-corrected chi connectivity index (χ1v) is 10.9. The van der Waals surface area contributed by atoms with Gasteiger partial charge in [-0.2, -0.15) is 5.10 Å². The lowest BCUT2D eigenvalue weighted by Gasteiger charge is -2.11. The van der Waals surface area contributed by atoms with Crippen molar-refractivity contribution in [3.8, 4) is 10.4 Å². The molecule has 27 heavy (non-hydrogen) atoms. The van der Waals surface area contributed by atoms with Crippen LogP contribution in [0.1, 0.15) is 5.56 Å². The minimum Gasteiger partial charge on any atom is -0.340 e. The van der Waals surface area contributed by atoms with Gasteiger partial charge in [0, 0.05) is 16.8 Å². The van der Waals surface area contributed by atoms with Crippen LogP contribution in [-0.2, 0) is 10.0 Å². The number of aryl methyl sites for hydroxylation is 1. The predicted molar refractivity (Wildman–Crippen MR) is 109 cm³/mol. The summed E-state index contributed by atoms with van der Waals surface area (Å²) in [5.41, 5.74) is 3.83. The molecular weight excluding hydrogens is 382 g/mol. The maximum atomic E-state index is 11.5. The monoisotopic (exact) mass is 399 g/mol. The molecule has 7 nitrogen and oxygen atoms in total. The number of anilines is 3. The lowest BCUT2D eigenvalue weighted by atomic mass is 10.2. The van der Waals surface area contributed by atoms with E-state index in [2.05, 4.69) is 20.1 Å². The summed E-state index contributed by atoms with van der Waals surface area (Å²) >= 11 is 1.64. The first-order valence-electron chi connectivity index (χ1n) is 8.13. The van der Waals surface area contributed by atoms with Crippen LogP contribution in [-0.4, -0.2) is 29.3 Å². The number of sulfonamides is 1. The third-order valence-electron chi connectivity index (χ3n) is 3.96. The normalized spacial score (nSPS) is 11.6. The number of nitrogens with one attached hydrogen (secondary N) is 2. The van der Waals surface area contributed by atoms with E-state index in [1.54, 1.807) is 28.1 Å². The SMILES string of the molecule is Cc1ccc(Nc2ccn3ncc(-c4cccs4)c3n2)cc1NS(C)(=O)=O. The smallest absolute Gasteiger partial charge is 0.229 e. The molecule has 0 aliphatic carbocycles. The lowest BCUT2D eigenvalue weighted by Crippen LogP contribution is -2.10. The Balaban J connectivity index is 1.68. The van der Waals surface area contributed by atoms with Crippen molar-refractivity contribution in [1.82, 2.24) is 14.6 Å². The van der Waals surface area contributed by atoms with Gasteiger partial charge in [-0.05, 0) is 42.1 Å². The third-order valence-corrected chi connectivity index (χ3v) is 5.45. The molecule has 0 fully saturated rings. The summed E-state index contributed by atoms with van der Waals surface area (Å²) in [6, 6.07) is 11.3. The minimum absolute atomic E-state index is 0.534. The Kier molecular flexibility index (Phi) is 4.33. The van der Waals surface area contributed by atoms with Crippen molar-refractivity contribution in [3.63, 3.8) is 0 Å². The molecule has 3 heterocycles. The van der Waals surface area contributed by atoms with Crippen molar-refractivity contribution < 1.29 is 8.42 Å². The van der Waals surface area contributed by atoms with Gasteiger partial charge in [0.05, 0.1) is 23.7 Å². The highest BCUT2D eigenvalue weighted by Gasteiger charge is 2.11. The molecule has 9 heteroatoms. The van der Waals surface area contributed by atoms with Crippen LogP contribution < -0.4 is 10.0 Å². The van der Waals surface area contributed by atoms with E-state index in [0.717, 1.165) is 33.6 Å². The van der Waals surface area contributed by atoms with Crippen LogP contribution in [0.15, 0.2) is 54.2 Å². The molecule has 2 N–H and O–H groups in total. The highest BCUT2D eigenvalue weighted by Crippen LogP contribution is 2.29. The molecule has 0 saturated carbocycles. The molecule has 0 aliphatic rings.